The quantitative estimate of drug-likeness (QED) is 0.734. The van der Waals surface area contributed by atoms with E-state index in [4.69, 9.17) is 0 Å². The number of benzene rings is 1. The maximum atomic E-state index is 12.9. The number of carbonyl (C=O) groups excluding carboxylic acids is 3. The van der Waals surface area contributed by atoms with E-state index in [2.05, 4.69) is 15.9 Å². The number of piperazine rings is 1. The first kappa shape index (κ1) is 18.5. The van der Waals surface area contributed by atoms with Crippen LogP contribution >= 0.6 is 15.9 Å². The van der Waals surface area contributed by atoms with Crippen LogP contribution in [0.2, 0.25) is 0 Å². The van der Waals surface area contributed by atoms with E-state index < -0.39 is 0 Å². The van der Waals surface area contributed by atoms with Crippen molar-refractivity contribution in [3.8, 4) is 0 Å². The second-order valence-corrected chi connectivity index (χ2v) is 8.49. The van der Waals surface area contributed by atoms with Crippen LogP contribution in [-0.2, 0) is 14.4 Å². The van der Waals surface area contributed by atoms with E-state index >= 15 is 0 Å². The molecule has 1 aliphatic carbocycles. The van der Waals surface area contributed by atoms with Crippen molar-refractivity contribution in [1.29, 1.82) is 0 Å². The Hall–Kier alpha value is -1.89. The van der Waals surface area contributed by atoms with Gasteiger partial charge in [-0.25, -0.2) is 0 Å². The molecule has 1 aromatic rings. The van der Waals surface area contributed by atoms with E-state index in [1.165, 1.54) is 0 Å². The zero-order chi connectivity index (χ0) is 19.0. The second-order valence-electron chi connectivity index (χ2n) is 7.64. The highest BCUT2D eigenvalue weighted by atomic mass is 79.9. The third kappa shape index (κ3) is 3.61. The zero-order valence-corrected chi connectivity index (χ0v) is 16.9. The fourth-order valence-corrected chi connectivity index (χ4v) is 4.59. The highest BCUT2D eigenvalue weighted by Crippen LogP contribution is 2.32. The zero-order valence-electron chi connectivity index (χ0n) is 15.3. The molecule has 1 atom stereocenters. The second kappa shape index (κ2) is 7.62. The molecule has 0 radical (unpaired) electrons. The Labute approximate surface area is 167 Å². The summed E-state index contributed by atoms with van der Waals surface area (Å²) in [6.07, 6.45) is 3.42. The number of anilines is 1. The lowest BCUT2D eigenvalue weighted by Crippen LogP contribution is -2.53. The van der Waals surface area contributed by atoms with Gasteiger partial charge in [0.1, 0.15) is 0 Å². The third-order valence-electron chi connectivity index (χ3n) is 5.97. The minimum atomic E-state index is -0.307. The number of rotatable bonds is 3. The molecule has 4 rings (SSSR count). The molecule has 1 aromatic carbocycles. The molecule has 3 fully saturated rings. The molecule has 6 nitrogen and oxygen atoms in total. The van der Waals surface area contributed by atoms with Crippen molar-refractivity contribution in [3.63, 3.8) is 0 Å². The Morgan fingerprint density at radius 2 is 1.52 bits per heavy atom. The summed E-state index contributed by atoms with van der Waals surface area (Å²) in [6, 6.07) is 7.58. The predicted octanol–water partition coefficient (Wildman–Crippen LogP) is 2.27. The predicted molar refractivity (Wildman–Crippen MR) is 105 cm³/mol. The van der Waals surface area contributed by atoms with Crippen LogP contribution in [0.15, 0.2) is 28.7 Å². The van der Waals surface area contributed by atoms with Crippen molar-refractivity contribution in [3.05, 3.63) is 28.7 Å². The summed E-state index contributed by atoms with van der Waals surface area (Å²) < 4.78 is 0.856. The summed E-state index contributed by atoms with van der Waals surface area (Å²) in [5.74, 6) is 0.174. The van der Waals surface area contributed by atoms with Gasteiger partial charge in [0.15, 0.2) is 0 Å². The van der Waals surface area contributed by atoms with Crippen LogP contribution in [-0.4, -0.2) is 60.2 Å². The summed E-state index contributed by atoms with van der Waals surface area (Å²) >= 11 is 3.48. The fourth-order valence-electron chi connectivity index (χ4n) is 4.10. The first-order valence-electron chi connectivity index (χ1n) is 9.67. The lowest BCUT2D eigenvalue weighted by molar-refractivity contribution is -0.145. The first-order valence-corrected chi connectivity index (χ1v) is 10.5. The molecule has 27 heavy (non-hydrogen) atoms. The van der Waals surface area contributed by atoms with Crippen molar-refractivity contribution < 1.29 is 14.4 Å². The van der Waals surface area contributed by atoms with Crippen molar-refractivity contribution in [2.75, 3.05) is 37.6 Å². The molecule has 144 valence electrons. The summed E-state index contributed by atoms with van der Waals surface area (Å²) in [4.78, 5) is 43.2. The molecule has 0 N–H and O–H groups in total. The van der Waals surface area contributed by atoms with E-state index in [0.717, 1.165) is 29.4 Å². The Bertz CT molecular complexity index is 757. The maximum Gasteiger partial charge on any atom is 0.228 e. The van der Waals surface area contributed by atoms with Crippen LogP contribution in [0.25, 0.3) is 0 Å². The van der Waals surface area contributed by atoms with Gasteiger partial charge >= 0.3 is 0 Å². The minimum absolute atomic E-state index is 0.0148. The smallest absolute Gasteiger partial charge is 0.228 e. The maximum absolute atomic E-state index is 12.9. The molecule has 0 bridgehead atoms. The molecule has 3 amide bonds. The van der Waals surface area contributed by atoms with Gasteiger partial charge in [0.05, 0.1) is 11.6 Å². The average Bonchev–Trinajstić information content (AvgIpc) is 3.02. The number of hydrogen-bond donors (Lipinski definition) is 0. The molecule has 2 heterocycles. The van der Waals surface area contributed by atoms with Crippen LogP contribution in [0.1, 0.15) is 25.7 Å². The highest BCUT2D eigenvalue weighted by molar-refractivity contribution is 9.10. The fraction of sp³-hybridized carbons (Fsp3) is 0.550. The van der Waals surface area contributed by atoms with E-state index in [0.29, 0.717) is 32.7 Å². The number of carbonyl (C=O) groups is 3. The van der Waals surface area contributed by atoms with Crippen LogP contribution in [0.3, 0.4) is 0 Å². The molecule has 7 heteroatoms. The lowest BCUT2D eigenvalue weighted by Gasteiger charge is -2.38. The molecular weight excluding hydrogens is 410 g/mol. The number of halogens is 1. The van der Waals surface area contributed by atoms with Gasteiger partial charge in [-0.05, 0) is 40.9 Å². The van der Waals surface area contributed by atoms with Gasteiger partial charge < -0.3 is 14.7 Å². The van der Waals surface area contributed by atoms with E-state index in [1.54, 1.807) is 4.90 Å². The van der Waals surface area contributed by atoms with Gasteiger partial charge in [0, 0.05) is 49.5 Å². The van der Waals surface area contributed by atoms with Crippen LogP contribution in [0.4, 0.5) is 5.69 Å². The number of para-hydroxylation sites is 1. The number of amides is 3. The Kier molecular flexibility index (Phi) is 5.21. The molecule has 1 unspecified atom stereocenters. The molecular formula is C20H24BrN3O3. The van der Waals surface area contributed by atoms with Crippen molar-refractivity contribution in [2.24, 2.45) is 11.8 Å². The minimum Gasteiger partial charge on any atom is -0.339 e. The SMILES string of the molecule is O=C(C1CCC1)N1CCN(C(=O)C2CC(=O)N(c3ccccc3Br)C2)CC1. The summed E-state index contributed by atoms with van der Waals surface area (Å²) in [6.45, 7) is 2.76. The Morgan fingerprint density at radius 1 is 0.926 bits per heavy atom. The highest BCUT2D eigenvalue weighted by Gasteiger charge is 2.39. The molecule has 0 aromatic heterocycles. The first-order chi connectivity index (χ1) is 13.0. The van der Waals surface area contributed by atoms with Gasteiger partial charge in [-0.3, -0.25) is 14.4 Å². The largest absolute Gasteiger partial charge is 0.339 e. The lowest BCUT2D eigenvalue weighted by atomic mass is 9.84. The number of hydrogen-bond acceptors (Lipinski definition) is 3. The topological polar surface area (TPSA) is 60.9 Å². The Morgan fingerprint density at radius 3 is 2.07 bits per heavy atom. The van der Waals surface area contributed by atoms with Gasteiger partial charge in [-0.15, -0.1) is 0 Å². The summed E-state index contributed by atoms with van der Waals surface area (Å²) in [5, 5.41) is 0. The number of nitrogens with zero attached hydrogens (tertiary/aromatic N) is 3. The van der Waals surface area contributed by atoms with Crippen molar-refractivity contribution >= 4 is 39.3 Å². The average molecular weight is 434 g/mol. The third-order valence-corrected chi connectivity index (χ3v) is 6.65. The molecule has 2 saturated heterocycles. The summed E-state index contributed by atoms with van der Waals surface area (Å²) in [7, 11) is 0. The van der Waals surface area contributed by atoms with E-state index in [9.17, 15) is 14.4 Å². The summed E-state index contributed by atoms with van der Waals surface area (Å²) in [5.41, 5.74) is 0.814. The monoisotopic (exact) mass is 433 g/mol. The normalized spacial score (nSPS) is 23.5. The van der Waals surface area contributed by atoms with Crippen molar-refractivity contribution in [2.45, 2.75) is 25.7 Å². The van der Waals surface area contributed by atoms with Crippen molar-refractivity contribution in [1.82, 2.24) is 9.80 Å². The molecule has 3 aliphatic rings. The van der Waals surface area contributed by atoms with E-state index in [-0.39, 0.29) is 36.0 Å². The van der Waals surface area contributed by atoms with Gasteiger partial charge in [-0.1, -0.05) is 18.6 Å². The van der Waals surface area contributed by atoms with E-state index in [1.807, 2.05) is 34.1 Å². The molecule has 0 spiro atoms. The van der Waals surface area contributed by atoms with Gasteiger partial charge in [0.25, 0.3) is 0 Å². The molecule has 2 aliphatic heterocycles. The van der Waals surface area contributed by atoms with Gasteiger partial charge in [0.2, 0.25) is 17.7 Å². The van der Waals surface area contributed by atoms with Crippen LogP contribution in [0.5, 0.6) is 0 Å². The van der Waals surface area contributed by atoms with Gasteiger partial charge in [-0.2, -0.15) is 0 Å². The Balaban J connectivity index is 1.35. The molecule has 1 saturated carbocycles. The van der Waals surface area contributed by atoms with Crippen LogP contribution in [0, 0.1) is 11.8 Å². The standard InChI is InChI=1S/C20H24BrN3O3/c21-16-6-1-2-7-17(16)24-13-15(12-18(24)25)20(27)23-10-8-22(9-11-23)19(26)14-4-3-5-14/h1-2,6-7,14-15H,3-5,8-13H2. The van der Waals surface area contributed by atoms with Crippen LogP contribution < -0.4 is 4.90 Å².